The molecule has 2 amide bonds. The number of nitrogens with two attached hydrogens (primary N) is 1. The molecule has 0 aromatic rings. The third kappa shape index (κ3) is 6.63. The first-order valence-electron chi connectivity index (χ1n) is 7.42. The van der Waals surface area contributed by atoms with Crippen LogP contribution in [-0.2, 0) is 9.59 Å². The maximum Gasteiger partial charge on any atom is 0.239 e. The zero-order valence-electron chi connectivity index (χ0n) is 13.3. The molecule has 124 valence electrons. The van der Waals surface area contributed by atoms with Crippen molar-refractivity contribution in [3.63, 3.8) is 0 Å². The second kappa shape index (κ2) is 9.97. The topological polar surface area (TPSA) is 78.7 Å². The van der Waals surface area contributed by atoms with Crippen molar-refractivity contribution >= 4 is 24.2 Å². The molecule has 7 heteroatoms. The fourth-order valence-corrected chi connectivity index (χ4v) is 2.53. The molecular formula is C14H29ClN4O2. The van der Waals surface area contributed by atoms with Crippen LogP contribution < -0.4 is 11.1 Å². The van der Waals surface area contributed by atoms with Gasteiger partial charge in [0.1, 0.15) is 0 Å². The van der Waals surface area contributed by atoms with E-state index in [1.54, 1.807) is 7.05 Å². The van der Waals surface area contributed by atoms with Crippen molar-refractivity contribution in [3.8, 4) is 0 Å². The SMILES string of the molecule is CCCNC(=O)CN(C)C(=O)CN1CC(CN)CC1C.Cl. The van der Waals surface area contributed by atoms with Gasteiger partial charge in [-0.25, -0.2) is 0 Å². The van der Waals surface area contributed by atoms with Gasteiger partial charge in [-0.2, -0.15) is 0 Å². The minimum atomic E-state index is -0.1000. The van der Waals surface area contributed by atoms with E-state index in [0.29, 0.717) is 31.6 Å². The average Bonchev–Trinajstić information content (AvgIpc) is 2.77. The number of hydrogen-bond donors (Lipinski definition) is 2. The molecule has 1 aliphatic heterocycles. The Morgan fingerprint density at radius 1 is 1.43 bits per heavy atom. The molecule has 0 aromatic heterocycles. The van der Waals surface area contributed by atoms with Gasteiger partial charge >= 0.3 is 0 Å². The van der Waals surface area contributed by atoms with Crippen molar-refractivity contribution in [1.82, 2.24) is 15.1 Å². The van der Waals surface area contributed by atoms with Gasteiger partial charge in [0.15, 0.2) is 0 Å². The zero-order chi connectivity index (χ0) is 15.1. The Morgan fingerprint density at radius 3 is 2.62 bits per heavy atom. The molecule has 1 saturated heterocycles. The Labute approximate surface area is 133 Å². The lowest BCUT2D eigenvalue weighted by Gasteiger charge is -2.24. The average molecular weight is 321 g/mol. The maximum absolute atomic E-state index is 12.1. The van der Waals surface area contributed by atoms with Gasteiger partial charge in [-0.15, -0.1) is 12.4 Å². The molecular weight excluding hydrogens is 292 g/mol. The van der Waals surface area contributed by atoms with Crippen LogP contribution in [0, 0.1) is 5.92 Å². The number of carbonyl (C=O) groups excluding carboxylic acids is 2. The van der Waals surface area contributed by atoms with Gasteiger partial charge in [0.2, 0.25) is 11.8 Å². The van der Waals surface area contributed by atoms with Gasteiger partial charge in [-0.3, -0.25) is 14.5 Å². The Morgan fingerprint density at radius 2 is 2.10 bits per heavy atom. The molecule has 1 aliphatic rings. The smallest absolute Gasteiger partial charge is 0.239 e. The van der Waals surface area contributed by atoms with Crippen molar-refractivity contribution in [2.24, 2.45) is 11.7 Å². The maximum atomic E-state index is 12.1. The lowest BCUT2D eigenvalue weighted by Crippen LogP contribution is -2.44. The normalized spacial score (nSPS) is 21.7. The quantitative estimate of drug-likeness (QED) is 0.695. The van der Waals surface area contributed by atoms with E-state index in [9.17, 15) is 9.59 Å². The minimum absolute atomic E-state index is 0. The van der Waals surface area contributed by atoms with Crippen LogP contribution in [0.2, 0.25) is 0 Å². The molecule has 2 unspecified atom stereocenters. The number of halogens is 1. The largest absolute Gasteiger partial charge is 0.355 e. The van der Waals surface area contributed by atoms with Crippen LogP contribution in [0.25, 0.3) is 0 Å². The van der Waals surface area contributed by atoms with E-state index in [4.69, 9.17) is 5.73 Å². The monoisotopic (exact) mass is 320 g/mol. The summed E-state index contributed by atoms with van der Waals surface area (Å²) in [6, 6.07) is 0.384. The number of nitrogens with one attached hydrogen (secondary N) is 1. The fraction of sp³-hybridized carbons (Fsp3) is 0.857. The molecule has 0 aliphatic carbocycles. The van der Waals surface area contributed by atoms with Crippen molar-refractivity contribution in [1.29, 1.82) is 0 Å². The van der Waals surface area contributed by atoms with Crippen LogP contribution in [0.1, 0.15) is 26.7 Å². The van der Waals surface area contributed by atoms with Crippen molar-refractivity contribution in [2.45, 2.75) is 32.7 Å². The highest BCUT2D eigenvalue weighted by atomic mass is 35.5. The van der Waals surface area contributed by atoms with E-state index in [1.165, 1.54) is 4.90 Å². The van der Waals surface area contributed by atoms with Crippen molar-refractivity contribution in [2.75, 3.05) is 39.8 Å². The highest BCUT2D eigenvalue weighted by molar-refractivity contribution is 5.85. The Hall–Kier alpha value is -0.850. The fourth-order valence-electron chi connectivity index (χ4n) is 2.53. The van der Waals surface area contributed by atoms with Crippen LogP contribution >= 0.6 is 12.4 Å². The number of rotatable bonds is 7. The molecule has 1 rings (SSSR count). The minimum Gasteiger partial charge on any atom is -0.355 e. The number of carbonyl (C=O) groups is 2. The van der Waals surface area contributed by atoms with Gasteiger partial charge in [-0.05, 0) is 32.2 Å². The lowest BCUT2D eigenvalue weighted by atomic mass is 10.1. The molecule has 0 aromatic carbocycles. The van der Waals surface area contributed by atoms with E-state index in [1.807, 2.05) is 6.92 Å². The second-order valence-corrected chi connectivity index (χ2v) is 5.72. The van der Waals surface area contributed by atoms with Crippen LogP contribution in [0.4, 0.5) is 0 Å². The van der Waals surface area contributed by atoms with Gasteiger partial charge in [0.05, 0.1) is 13.1 Å². The molecule has 0 saturated carbocycles. The Balaban J connectivity index is 0.00000400. The highest BCUT2D eigenvalue weighted by Gasteiger charge is 2.30. The third-order valence-corrected chi connectivity index (χ3v) is 3.84. The molecule has 1 fully saturated rings. The lowest BCUT2D eigenvalue weighted by molar-refractivity contribution is -0.135. The van der Waals surface area contributed by atoms with Gasteiger partial charge in [0, 0.05) is 26.2 Å². The second-order valence-electron chi connectivity index (χ2n) is 5.72. The molecule has 0 bridgehead atoms. The van der Waals surface area contributed by atoms with Crippen LogP contribution in [0.15, 0.2) is 0 Å². The van der Waals surface area contributed by atoms with Crippen molar-refractivity contribution < 1.29 is 9.59 Å². The molecule has 6 nitrogen and oxygen atoms in total. The predicted octanol–water partition coefficient (Wildman–Crippen LogP) is 0.0619. The summed E-state index contributed by atoms with van der Waals surface area (Å²) in [5, 5.41) is 2.77. The highest BCUT2D eigenvalue weighted by Crippen LogP contribution is 2.21. The predicted molar refractivity (Wildman–Crippen MR) is 86.4 cm³/mol. The van der Waals surface area contributed by atoms with Crippen LogP contribution in [0.3, 0.4) is 0 Å². The number of likely N-dealkylation sites (N-methyl/N-ethyl adjacent to an activating group) is 1. The van der Waals surface area contributed by atoms with Crippen LogP contribution in [0.5, 0.6) is 0 Å². The van der Waals surface area contributed by atoms with E-state index < -0.39 is 0 Å². The van der Waals surface area contributed by atoms with Gasteiger partial charge in [0.25, 0.3) is 0 Å². The van der Waals surface area contributed by atoms with E-state index in [2.05, 4.69) is 17.1 Å². The molecule has 0 radical (unpaired) electrons. The summed E-state index contributed by atoms with van der Waals surface area (Å²) in [6.07, 6.45) is 1.94. The number of amides is 2. The van der Waals surface area contributed by atoms with Gasteiger partial charge in [-0.1, -0.05) is 6.92 Å². The first-order chi connectivity index (χ1) is 9.47. The molecule has 3 N–H and O–H groups in total. The van der Waals surface area contributed by atoms with E-state index in [-0.39, 0.29) is 30.8 Å². The number of hydrogen-bond acceptors (Lipinski definition) is 4. The van der Waals surface area contributed by atoms with Crippen LogP contribution in [-0.4, -0.2) is 67.4 Å². The molecule has 0 spiro atoms. The molecule has 1 heterocycles. The van der Waals surface area contributed by atoms with E-state index in [0.717, 1.165) is 19.4 Å². The molecule has 2 atom stereocenters. The number of nitrogens with zero attached hydrogens (tertiary/aromatic N) is 2. The standard InChI is InChI=1S/C14H28N4O2.ClH/c1-4-5-16-13(19)9-17(3)14(20)10-18-8-12(7-15)6-11(18)2;/h11-12H,4-10,15H2,1-3H3,(H,16,19);1H. The Bertz CT molecular complexity index is 341. The first kappa shape index (κ1) is 20.1. The third-order valence-electron chi connectivity index (χ3n) is 3.84. The van der Waals surface area contributed by atoms with E-state index >= 15 is 0 Å². The summed E-state index contributed by atoms with van der Waals surface area (Å²) in [4.78, 5) is 27.4. The summed E-state index contributed by atoms with van der Waals surface area (Å²) in [5.74, 6) is 0.370. The summed E-state index contributed by atoms with van der Waals surface area (Å²) >= 11 is 0. The molecule has 21 heavy (non-hydrogen) atoms. The van der Waals surface area contributed by atoms with Gasteiger partial charge < -0.3 is 16.0 Å². The number of likely N-dealkylation sites (tertiary alicyclic amines) is 1. The zero-order valence-corrected chi connectivity index (χ0v) is 14.1. The summed E-state index contributed by atoms with van der Waals surface area (Å²) in [7, 11) is 1.68. The summed E-state index contributed by atoms with van der Waals surface area (Å²) < 4.78 is 0. The summed E-state index contributed by atoms with van der Waals surface area (Å²) in [5.41, 5.74) is 5.69. The Kier molecular flexibility index (Phi) is 9.57. The van der Waals surface area contributed by atoms with Crippen molar-refractivity contribution in [3.05, 3.63) is 0 Å². The first-order valence-corrected chi connectivity index (χ1v) is 7.42. The summed E-state index contributed by atoms with van der Waals surface area (Å²) in [6.45, 7) is 6.82.